The van der Waals surface area contributed by atoms with Gasteiger partial charge in [-0.05, 0) is 49.3 Å². The van der Waals surface area contributed by atoms with Crippen LogP contribution in [0.25, 0.3) is 0 Å². The highest BCUT2D eigenvalue weighted by Crippen LogP contribution is 2.32. The highest BCUT2D eigenvalue weighted by Gasteiger charge is 2.22. The van der Waals surface area contributed by atoms with Crippen molar-refractivity contribution < 1.29 is 5.11 Å². The van der Waals surface area contributed by atoms with E-state index in [0.717, 1.165) is 19.3 Å². The molecule has 1 aliphatic carbocycles. The van der Waals surface area contributed by atoms with Gasteiger partial charge >= 0.3 is 0 Å². The van der Waals surface area contributed by atoms with Gasteiger partial charge in [0, 0.05) is 4.88 Å². The number of anilines is 1. The zero-order chi connectivity index (χ0) is 12.5. The monoisotopic (exact) mass is 260 g/mol. The number of hydrogen-bond donors (Lipinski definition) is 2. The summed E-state index contributed by atoms with van der Waals surface area (Å²) in [6.45, 7) is 0. The van der Waals surface area contributed by atoms with Crippen LogP contribution in [0.1, 0.15) is 22.6 Å². The number of aromatic nitrogens is 1. The second-order valence-electron chi connectivity index (χ2n) is 4.90. The van der Waals surface area contributed by atoms with E-state index in [1.54, 1.807) is 23.5 Å². The molecule has 3 N–H and O–H groups in total. The van der Waals surface area contributed by atoms with Gasteiger partial charge in [0.15, 0.2) is 5.13 Å². The van der Waals surface area contributed by atoms with E-state index in [4.69, 9.17) is 5.73 Å². The van der Waals surface area contributed by atoms with Crippen molar-refractivity contribution in [3.05, 3.63) is 40.4 Å². The number of thiazole rings is 1. The molecule has 0 saturated carbocycles. The van der Waals surface area contributed by atoms with Gasteiger partial charge in [-0.2, -0.15) is 0 Å². The van der Waals surface area contributed by atoms with Crippen molar-refractivity contribution in [1.29, 1.82) is 0 Å². The van der Waals surface area contributed by atoms with E-state index in [1.165, 1.54) is 22.6 Å². The first kappa shape index (κ1) is 11.5. The largest absolute Gasteiger partial charge is 0.508 e. The fourth-order valence-electron chi connectivity index (χ4n) is 2.60. The van der Waals surface area contributed by atoms with Gasteiger partial charge in [0.25, 0.3) is 0 Å². The number of rotatable bonds is 2. The minimum Gasteiger partial charge on any atom is -0.508 e. The Morgan fingerprint density at radius 1 is 1.33 bits per heavy atom. The van der Waals surface area contributed by atoms with Crippen LogP contribution in [-0.4, -0.2) is 10.1 Å². The Kier molecular flexibility index (Phi) is 2.96. The average molecular weight is 260 g/mol. The summed E-state index contributed by atoms with van der Waals surface area (Å²) in [5.41, 5.74) is 8.25. The van der Waals surface area contributed by atoms with Gasteiger partial charge in [-0.25, -0.2) is 4.98 Å². The predicted molar refractivity (Wildman–Crippen MR) is 73.9 cm³/mol. The van der Waals surface area contributed by atoms with Crippen molar-refractivity contribution in [2.45, 2.75) is 25.7 Å². The summed E-state index contributed by atoms with van der Waals surface area (Å²) in [5, 5.41) is 9.97. The number of nitrogens with two attached hydrogens (primary N) is 1. The molecular formula is C14H16N2OS. The van der Waals surface area contributed by atoms with Crippen molar-refractivity contribution >= 4 is 16.5 Å². The van der Waals surface area contributed by atoms with Crippen molar-refractivity contribution in [1.82, 2.24) is 4.98 Å². The maximum Gasteiger partial charge on any atom is 0.180 e. The zero-order valence-electron chi connectivity index (χ0n) is 10.1. The standard InChI is InChI=1S/C14H16N2OS/c15-14-16-12-6-3-10(8-13(12)18-14)7-9-1-4-11(17)5-2-9/h1-2,4-5,10,17H,3,6-8H2,(H2,15,16). The predicted octanol–water partition coefficient (Wildman–Crippen LogP) is 2.78. The number of nitrogen functional groups attached to an aromatic ring is 1. The van der Waals surface area contributed by atoms with Crippen LogP contribution >= 0.6 is 11.3 Å². The van der Waals surface area contributed by atoms with E-state index in [0.29, 0.717) is 16.8 Å². The molecule has 0 bridgehead atoms. The SMILES string of the molecule is Nc1nc2c(s1)CC(Cc1ccc(O)cc1)CC2. The molecule has 0 radical (unpaired) electrons. The summed E-state index contributed by atoms with van der Waals surface area (Å²) in [6.07, 6.45) is 4.38. The maximum atomic E-state index is 9.27. The summed E-state index contributed by atoms with van der Waals surface area (Å²) in [6, 6.07) is 7.53. The lowest BCUT2D eigenvalue weighted by molar-refractivity contribution is 0.455. The van der Waals surface area contributed by atoms with Crippen LogP contribution in [0.15, 0.2) is 24.3 Å². The molecule has 94 valence electrons. The Bertz CT molecular complexity index is 547. The quantitative estimate of drug-likeness (QED) is 0.873. The van der Waals surface area contributed by atoms with E-state index in [-0.39, 0.29) is 0 Å². The lowest BCUT2D eigenvalue weighted by Crippen LogP contribution is -2.15. The van der Waals surface area contributed by atoms with Crippen LogP contribution < -0.4 is 5.73 Å². The molecule has 3 rings (SSSR count). The van der Waals surface area contributed by atoms with E-state index in [2.05, 4.69) is 4.98 Å². The molecule has 18 heavy (non-hydrogen) atoms. The highest BCUT2D eigenvalue weighted by molar-refractivity contribution is 7.15. The summed E-state index contributed by atoms with van der Waals surface area (Å²) in [4.78, 5) is 5.73. The third kappa shape index (κ3) is 2.34. The molecule has 0 aliphatic heterocycles. The first-order chi connectivity index (χ1) is 8.70. The van der Waals surface area contributed by atoms with E-state index in [1.807, 2.05) is 12.1 Å². The number of hydrogen-bond acceptors (Lipinski definition) is 4. The smallest absolute Gasteiger partial charge is 0.180 e. The summed E-state index contributed by atoms with van der Waals surface area (Å²) in [7, 11) is 0. The second-order valence-corrected chi connectivity index (χ2v) is 6.02. The van der Waals surface area contributed by atoms with E-state index >= 15 is 0 Å². The minimum atomic E-state index is 0.333. The Labute approximate surface area is 110 Å². The van der Waals surface area contributed by atoms with Crippen molar-refractivity contribution in [3.8, 4) is 5.75 Å². The van der Waals surface area contributed by atoms with Crippen LogP contribution in [0.5, 0.6) is 5.75 Å². The number of fused-ring (bicyclic) bond motifs is 1. The molecule has 0 fully saturated rings. The third-order valence-electron chi connectivity index (χ3n) is 3.52. The molecule has 1 heterocycles. The molecule has 4 heteroatoms. The van der Waals surface area contributed by atoms with E-state index < -0.39 is 0 Å². The molecule has 1 aromatic carbocycles. The first-order valence-corrected chi connectivity index (χ1v) is 7.04. The molecule has 0 amide bonds. The molecular weight excluding hydrogens is 244 g/mol. The first-order valence-electron chi connectivity index (χ1n) is 6.22. The fourth-order valence-corrected chi connectivity index (χ4v) is 3.60. The van der Waals surface area contributed by atoms with Crippen LogP contribution in [-0.2, 0) is 19.3 Å². The molecule has 1 unspecified atom stereocenters. The average Bonchev–Trinajstić information content (AvgIpc) is 2.71. The molecule has 2 aromatic rings. The molecule has 3 nitrogen and oxygen atoms in total. The summed E-state index contributed by atoms with van der Waals surface area (Å²) in [5.74, 6) is 1.00. The number of benzene rings is 1. The highest BCUT2D eigenvalue weighted by atomic mass is 32.1. The Morgan fingerprint density at radius 2 is 2.11 bits per heavy atom. The lowest BCUT2D eigenvalue weighted by atomic mass is 9.86. The van der Waals surface area contributed by atoms with Crippen molar-refractivity contribution in [3.63, 3.8) is 0 Å². The van der Waals surface area contributed by atoms with Gasteiger partial charge < -0.3 is 10.8 Å². The number of phenols is 1. The molecule has 1 aromatic heterocycles. The third-order valence-corrected chi connectivity index (χ3v) is 4.47. The van der Waals surface area contributed by atoms with Gasteiger partial charge in [-0.1, -0.05) is 12.1 Å². The lowest BCUT2D eigenvalue weighted by Gasteiger charge is -2.21. The molecule has 1 aliphatic rings. The van der Waals surface area contributed by atoms with Gasteiger partial charge in [0.2, 0.25) is 0 Å². The van der Waals surface area contributed by atoms with Gasteiger partial charge in [-0.15, -0.1) is 11.3 Å². The van der Waals surface area contributed by atoms with Crippen molar-refractivity contribution in [2.75, 3.05) is 5.73 Å². The normalized spacial score (nSPS) is 18.6. The molecule has 0 saturated heterocycles. The Balaban J connectivity index is 1.70. The topological polar surface area (TPSA) is 59.1 Å². The Morgan fingerprint density at radius 3 is 2.89 bits per heavy atom. The van der Waals surface area contributed by atoms with Gasteiger partial charge in [0.1, 0.15) is 5.75 Å². The minimum absolute atomic E-state index is 0.333. The van der Waals surface area contributed by atoms with Crippen LogP contribution in [0.2, 0.25) is 0 Å². The second kappa shape index (κ2) is 4.61. The van der Waals surface area contributed by atoms with Crippen LogP contribution in [0.4, 0.5) is 5.13 Å². The van der Waals surface area contributed by atoms with Crippen LogP contribution in [0, 0.1) is 5.92 Å². The van der Waals surface area contributed by atoms with Crippen molar-refractivity contribution in [2.24, 2.45) is 5.92 Å². The zero-order valence-corrected chi connectivity index (χ0v) is 10.9. The number of aryl methyl sites for hydroxylation is 1. The van der Waals surface area contributed by atoms with Gasteiger partial charge in [-0.3, -0.25) is 0 Å². The Hall–Kier alpha value is -1.55. The number of phenolic OH excluding ortho intramolecular Hbond substituents is 1. The molecule has 1 atom stereocenters. The van der Waals surface area contributed by atoms with E-state index in [9.17, 15) is 5.11 Å². The molecule has 0 spiro atoms. The van der Waals surface area contributed by atoms with Crippen LogP contribution in [0.3, 0.4) is 0 Å². The summed E-state index contributed by atoms with van der Waals surface area (Å²) < 4.78 is 0. The van der Waals surface area contributed by atoms with Gasteiger partial charge in [0.05, 0.1) is 5.69 Å². The fraction of sp³-hybridized carbons (Fsp3) is 0.357. The summed E-state index contributed by atoms with van der Waals surface area (Å²) >= 11 is 1.63. The number of nitrogens with zero attached hydrogens (tertiary/aromatic N) is 1. The maximum absolute atomic E-state index is 9.27. The number of aromatic hydroxyl groups is 1.